The van der Waals surface area contributed by atoms with E-state index in [0.29, 0.717) is 51.2 Å². The number of hydrogen-bond acceptors (Lipinski definition) is 15. The summed E-state index contributed by atoms with van der Waals surface area (Å²) in [7, 11) is 6.36. The van der Waals surface area contributed by atoms with E-state index < -0.39 is 24.4 Å². The quantitative estimate of drug-likeness (QED) is 0.0474. The summed E-state index contributed by atoms with van der Waals surface area (Å²) in [5, 5.41) is 9.71. The molecule has 0 aliphatic carbocycles. The van der Waals surface area contributed by atoms with E-state index in [1.165, 1.54) is 16.8 Å². The van der Waals surface area contributed by atoms with Crippen molar-refractivity contribution in [3.63, 3.8) is 0 Å². The third-order valence-corrected chi connectivity index (χ3v) is 7.68. The second kappa shape index (κ2) is 62.0. The van der Waals surface area contributed by atoms with Crippen LogP contribution < -0.4 is 21.3 Å². The van der Waals surface area contributed by atoms with Gasteiger partial charge in [0, 0.05) is 73.1 Å². The van der Waals surface area contributed by atoms with Crippen LogP contribution >= 0.6 is 81.2 Å². The molecule has 0 aliphatic heterocycles. The molecule has 0 aromatic carbocycles. The zero-order valence-corrected chi connectivity index (χ0v) is 48.5. The van der Waals surface area contributed by atoms with Crippen LogP contribution in [0.5, 0.6) is 0 Å². The highest BCUT2D eigenvalue weighted by Gasteiger charge is 2.17. The molecule has 1 atom stereocenters. The summed E-state index contributed by atoms with van der Waals surface area (Å²) in [5.74, 6) is 0.883. The number of carbonyl (C=O) groups excluding carboxylic acids is 7. The van der Waals surface area contributed by atoms with Gasteiger partial charge in [0.2, 0.25) is 0 Å². The van der Waals surface area contributed by atoms with Crippen molar-refractivity contribution < 1.29 is 71.5 Å². The van der Waals surface area contributed by atoms with Crippen LogP contribution in [0.1, 0.15) is 88.5 Å². The lowest BCUT2D eigenvalue weighted by atomic mass is 10.1. The van der Waals surface area contributed by atoms with Crippen LogP contribution in [-0.2, 0) is 37.9 Å². The molecule has 22 nitrogen and oxygen atoms in total. The van der Waals surface area contributed by atoms with Gasteiger partial charge in [0.05, 0.1) is 6.61 Å². The molecular formula is C41H82Cl7N7O15. The number of alkyl carbamates (subject to hydrolysis) is 4. The Morgan fingerprint density at radius 1 is 0.514 bits per heavy atom. The van der Waals surface area contributed by atoms with Gasteiger partial charge in [0.15, 0.2) is 42.5 Å². The van der Waals surface area contributed by atoms with Crippen molar-refractivity contribution in [1.82, 2.24) is 36.0 Å². The molecule has 420 valence electrons. The van der Waals surface area contributed by atoms with Gasteiger partial charge in [-0.3, -0.25) is 0 Å². The third kappa shape index (κ3) is 69.1. The van der Waals surface area contributed by atoms with Crippen molar-refractivity contribution in [3.05, 3.63) is 0 Å². The zero-order chi connectivity index (χ0) is 55.9. The van der Waals surface area contributed by atoms with Gasteiger partial charge < -0.3 is 73.9 Å². The summed E-state index contributed by atoms with van der Waals surface area (Å²) >= 11 is 36.0. The molecule has 0 rings (SSSR count). The Kier molecular flexibility index (Phi) is 71.7. The lowest BCUT2D eigenvalue weighted by Crippen LogP contribution is -2.37. The number of amides is 7. The highest BCUT2D eigenvalue weighted by atomic mass is 35.5. The standard InChI is InChI=1S/C10H20ClNO2.3C6H12ClNO2.C5H10ClNO3.C5H10ClNO2.C3H6ClNO2/c1-8(2)5-12(6-9(3)4)10(13)14-7-11;1-5(2)8(3)6(9)10-4-7;1-3-5(2)8-6(9)10-4-7;1-3-4-8(2)6(9)10-5-7;1-9-3-2-7-5(8)10-4-6;1-2-3-7-5(8)9-4-6;1-5-3(6)7-2-4/h8-9H,5-7H2,1-4H3;5H,4H2,1-3H3;5H,3-4H2,1-2H3,(H,8,9);3-5H2,1-2H3;2-4H2,1H3,(H,7,8);2-4H2,1H3,(H,7,8);2H2,1H3,(H,5,6)/t;;5-;;;;/m..0..../s1. The van der Waals surface area contributed by atoms with Crippen molar-refractivity contribution in [1.29, 1.82) is 0 Å². The highest BCUT2D eigenvalue weighted by Crippen LogP contribution is 2.06. The molecule has 0 aliphatic rings. The fourth-order valence-electron chi connectivity index (χ4n) is 3.39. The molecule has 0 heterocycles. The van der Waals surface area contributed by atoms with Crippen LogP contribution in [0.25, 0.3) is 0 Å². The summed E-state index contributed by atoms with van der Waals surface area (Å²) in [6.07, 6.45) is -0.287. The van der Waals surface area contributed by atoms with E-state index in [4.69, 9.17) is 85.9 Å². The number of nitrogens with one attached hydrogen (secondary N) is 4. The maximum atomic E-state index is 11.4. The number of rotatable bonds is 21. The summed E-state index contributed by atoms with van der Waals surface area (Å²) < 4.78 is 35.8. The molecule has 0 radical (unpaired) electrons. The molecule has 0 unspecified atom stereocenters. The van der Waals surface area contributed by atoms with Gasteiger partial charge in [0.1, 0.15) is 0 Å². The summed E-state index contributed by atoms with van der Waals surface area (Å²) in [5.41, 5.74) is 0. The minimum Gasteiger partial charge on any atom is -0.433 e. The van der Waals surface area contributed by atoms with Gasteiger partial charge in [-0.2, -0.15) is 0 Å². The molecule has 0 saturated heterocycles. The predicted molar refractivity (Wildman–Crippen MR) is 278 cm³/mol. The Balaban J connectivity index is -0.000000133. The van der Waals surface area contributed by atoms with E-state index in [9.17, 15) is 33.6 Å². The molecule has 0 aromatic heterocycles. The molecule has 4 N–H and O–H groups in total. The van der Waals surface area contributed by atoms with Gasteiger partial charge in [-0.1, -0.05) is 130 Å². The minimum absolute atomic E-state index is 0.0765. The van der Waals surface area contributed by atoms with Crippen LogP contribution in [0.2, 0.25) is 0 Å². The van der Waals surface area contributed by atoms with Crippen molar-refractivity contribution in [2.24, 2.45) is 11.8 Å². The first-order chi connectivity index (χ1) is 32.9. The first kappa shape index (κ1) is 81.0. The van der Waals surface area contributed by atoms with Crippen molar-refractivity contribution in [3.8, 4) is 0 Å². The van der Waals surface area contributed by atoms with E-state index in [1.807, 2.05) is 41.5 Å². The predicted octanol–water partition coefficient (Wildman–Crippen LogP) is 10.4. The Hall–Kier alpha value is -3.12. The van der Waals surface area contributed by atoms with Gasteiger partial charge >= 0.3 is 42.7 Å². The number of hydrogen-bond donors (Lipinski definition) is 4. The van der Waals surface area contributed by atoms with Crippen LogP contribution in [0.15, 0.2) is 0 Å². The van der Waals surface area contributed by atoms with Gasteiger partial charge in [-0.05, 0) is 51.9 Å². The number of methoxy groups -OCH3 is 1. The summed E-state index contributed by atoms with van der Waals surface area (Å²) in [4.78, 5) is 79.1. The largest absolute Gasteiger partial charge is 0.433 e. The fraction of sp³-hybridized carbons (Fsp3) is 0.829. The monoisotopic (exact) mass is 1160 g/mol. The maximum Gasteiger partial charge on any atom is 0.410 e. The second-order valence-corrected chi connectivity index (χ2v) is 15.6. The summed E-state index contributed by atoms with van der Waals surface area (Å²) in [6.45, 7) is 23.6. The Morgan fingerprint density at radius 2 is 0.900 bits per heavy atom. The van der Waals surface area contributed by atoms with E-state index in [-0.39, 0.29) is 72.8 Å². The molecule has 0 bridgehead atoms. The Bertz CT molecular complexity index is 1250. The summed E-state index contributed by atoms with van der Waals surface area (Å²) in [6, 6.07) is -0.351. The highest BCUT2D eigenvalue weighted by molar-refractivity contribution is 6.18. The SMILES string of the molecule is CC(C)CN(CC(C)C)C(=O)OCCl.CC(C)N(C)C(=O)OCCl.CCCN(C)C(=O)OCCl.CCCNC(=O)OCCl.CC[C@H](C)NC(=O)OCCl.CNC(=O)OCCl.COCCNC(=O)OCCl. The van der Waals surface area contributed by atoms with E-state index in [2.05, 4.69) is 82.1 Å². The number of ether oxygens (including phenoxy) is 8. The lowest BCUT2D eigenvalue weighted by Gasteiger charge is -2.25. The van der Waals surface area contributed by atoms with E-state index >= 15 is 0 Å². The molecule has 70 heavy (non-hydrogen) atoms. The number of carbonyl (C=O) groups is 7. The topological polar surface area (TPSA) is 251 Å². The van der Waals surface area contributed by atoms with Gasteiger partial charge in [-0.15, -0.1) is 0 Å². The molecule has 0 saturated carbocycles. The third-order valence-electron chi connectivity index (χ3n) is 6.91. The molecule has 0 aromatic rings. The zero-order valence-electron chi connectivity index (χ0n) is 43.2. The smallest absolute Gasteiger partial charge is 0.410 e. The maximum absolute atomic E-state index is 11.4. The fourth-order valence-corrected chi connectivity index (χ4v) is 4.06. The average Bonchev–Trinajstić information content (AvgIpc) is 3.29. The molecule has 0 fully saturated rings. The molecule has 0 spiro atoms. The number of alkyl halides is 7. The molecule has 29 heteroatoms. The first-order valence-electron chi connectivity index (χ1n) is 21.6. The Morgan fingerprint density at radius 3 is 1.23 bits per heavy atom. The van der Waals surface area contributed by atoms with E-state index in [1.54, 1.807) is 26.1 Å². The van der Waals surface area contributed by atoms with Crippen molar-refractivity contribution in [2.45, 2.75) is 101 Å². The lowest BCUT2D eigenvalue weighted by molar-refractivity contribution is 0.107. The van der Waals surface area contributed by atoms with E-state index in [0.717, 1.165) is 19.3 Å². The normalized spacial score (nSPS) is 9.77. The Labute approximate surface area is 451 Å². The van der Waals surface area contributed by atoms with Crippen LogP contribution in [0, 0.1) is 11.8 Å². The second-order valence-electron chi connectivity index (χ2n) is 14.1. The van der Waals surface area contributed by atoms with Crippen LogP contribution in [0.4, 0.5) is 33.6 Å². The number of nitrogens with zero attached hydrogens (tertiary/aromatic N) is 3. The van der Waals surface area contributed by atoms with Crippen molar-refractivity contribution in [2.75, 3.05) is 110 Å². The average molecular weight is 1160 g/mol. The molecular weight excluding hydrogens is 1080 g/mol. The molecule has 7 amide bonds. The van der Waals surface area contributed by atoms with Crippen LogP contribution in [-0.4, -0.2) is 179 Å². The van der Waals surface area contributed by atoms with Crippen LogP contribution in [0.3, 0.4) is 0 Å². The van der Waals surface area contributed by atoms with Gasteiger partial charge in [-0.25, -0.2) is 33.6 Å². The first-order valence-corrected chi connectivity index (χ1v) is 25.3. The number of halogens is 7. The minimum atomic E-state index is -0.521. The van der Waals surface area contributed by atoms with Crippen molar-refractivity contribution >= 4 is 124 Å². The van der Waals surface area contributed by atoms with Gasteiger partial charge in [0.25, 0.3) is 0 Å².